The van der Waals surface area contributed by atoms with Crippen LogP contribution in [-0.4, -0.2) is 22.6 Å². The molecule has 0 N–H and O–H groups in total. The molecule has 1 atom stereocenters. The van der Waals surface area contributed by atoms with E-state index in [1.165, 1.54) is 64.2 Å². The van der Waals surface area contributed by atoms with E-state index in [2.05, 4.69) is 13.5 Å². The van der Waals surface area contributed by atoms with Gasteiger partial charge in [0.15, 0.2) is 0 Å². The Hall–Kier alpha value is -0.133. The van der Waals surface area contributed by atoms with E-state index >= 15 is 0 Å². The van der Waals surface area contributed by atoms with Crippen LogP contribution in [0.4, 0.5) is 4.79 Å². The van der Waals surface area contributed by atoms with Gasteiger partial charge in [0.1, 0.15) is 5.60 Å². The minimum Gasteiger partial charge on any atom is -0.455 e. The molecule has 1 unspecified atom stereocenters. The van der Waals surface area contributed by atoms with E-state index in [0.717, 1.165) is 19.3 Å². The number of hydrogen-bond donors (Lipinski definition) is 0. The Bertz CT molecular complexity index is 341. The molecule has 1 heterocycles. The monoisotopic (exact) mass is 345 g/mol. The Labute approximate surface area is 168 Å². The topological polar surface area (TPSA) is 29.5 Å². The predicted octanol–water partition coefficient (Wildman–Crippen LogP) is 3.86. The zero-order valence-electron chi connectivity index (χ0n) is 17.6. The average Bonchev–Trinajstić information content (AvgIpc) is 2.52. The maximum absolute atomic E-state index is 12.4. The van der Waals surface area contributed by atoms with Gasteiger partial charge in [0.05, 0.1) is 0 Å². The van der Waals surface area contributed by atoms with Crippen molar-refractivity contribution in [3.8, 4) is 0 Å². The number of nitrogens with zero attached hydrogens (tertiary/aromatic N) is 1. The minimum atomic E-state index is -0.412. The van der Waals surface area contributed by atoms with Crippen molar-refractivity contribution in [1.29, 1.82) is 0 Å². The third kappa shape index (κ3) is 12.0. The Morgan fingerprint density at radius 3 is 2.16 bits per heavy atom. The van der Waals surface area contributed by atoms with Crippen LogP contribution in [-0.2, 0) is 4.74 Å². The number of likely N-dealkylation sites (tertiary alicyclic amines) is 1. The van der Waals surface area contributed by atoms with Crippen molar-refractivity contribution in [2.45, 2.75) is 123 Å². The van der Waals surface area contributed by atoms with Gasteiger partial charge in [0.2, 0.25) is 0 Å². The van der Waals surface area contributed by atoms with Crippen molar-refractivity contribution < 1.29 is 28.4 Å². The van der Waals surface area contributed by atoms with Crippen LogP contribution >= 0.6 is 0 Å². The van der Waals surface area contributed by atoms with E-state index in [4.69, 9.17) is 4.74 Å². The first-order chi connectivity index (χ1) is 11.4. The van der Waals surface area contributed by atoms with Crippen LogP contribution in [0, 0.1) is 6.54 Å². The van der Waals surface area contributed by atoms with Crippen molar-refractivity contribution in [3.63, 3.8) is 0 Å². The van der Waals surface area contributed by atoms with Gasteiger partial charge in [0, 0.05) is 6.04 Å². The summed E-state index contributed by atoms with van der Waals surface area (Å²) in [6.07, 6.45) is 16.4. The second-order valence-electron chi connectivity index (χ2n) is 8.27. The van der Waals surface area contributed by atoms with Gasteiger partial charge in [-0.1, -0.05) is 71.1 Å². The van der Waals surface area contributed by atoms with E-state index in [1.807, 2.05) is 25.7 Å². The zero-order chi connectivity index (χ0) is 17.8. The molecule has 0 aromatic heterocycles. The molecular weight excluding hydrogens is 305 g/mol. The first kappa shape index (κ1) is 24.9. The number of ether oxygens (including phenoxy) is 1. The third-order valence-electron chi connectivity index (χ3n) is 4.71. The van der Waals surface area contributed by atoms with E-state index in [9.17, 15) is 4.79 Å². The third-order valence-corrected chi connectivity index (χ3v) is 4.71. The van der Waals surface area contributed by atoms with E-state index in [0.29, 0.717) is 6.04 Å². The molecule has 1 aliphatic heterocycles. The molecule has 3 nitrogen and oxygen atoms in total. The SMILES string of the molecule is CCCCCCCCCCCC1CCC[CH-]N1C(=O)OC(C)(C)C.[Li+]. The average molecular weight is 345 g/mol. The number of carbonyl (C=O) groups is 1. The summed E-state index contributed by atoms with van der Waals surface area (Å²) in [5, 5.41) is 0. The maximum atomic E-state index is 12.4. The first-order valence-corrected chi connectivity index (χ1v) is 10.3. The molecule has 1 rings (SSSR count). The molecule has 0 bridgehead atoms. The number of amides is 1. The van der Waals surface area contributed by atoms with Crippen LogP contribution in [0.3, 0.4) is 0 Å². The Morgan fingerprint density at radius 1 is 1.04 bits per heavy atom. The molecule has 1 amide bonds. The first-order valence-electron chi connectivity index (χ1n) is 10.3. The van der Waals surface area contributed by atoms with Crippen molar-refractivity contribution in [2.24, 2.45) is 0 Å². The van der Waals surface area contributed by atoms with Gasteiger partial charge in [-0.3, -0.25) is 0 Å². The van der Waals surface area contributed by atoms with Crippen LogP contribution in [0.2, 0.25) is 0 Å². The maximum Gasteiger partial charge on any atom is 1.00 e. The fourth-order valence-corrected chi connectivity index (χ4v) is 3.38. The van der Waals surface area contributed by atoms with Crippen molar-refractivity contribution in [1.82, 2.24) is 4.90 Å². The van der Waals surface area contributed by atoms with Gasteiger partial charge in [-0.05, 0) is 33.6 Å². The van der Waals surface area contributed by atoms with Gasteiger partial charge in [-0.2, -0.15) is 6.42 Å². The molecule has 0 radical (unpaired) electrons. The second kappa shape index (κ2) is 14.0. The quantitative estimate of drug-likeness (QED) is 0.342. The van der Waals surface area contributed by atoms with E-state index in [-0.39, 0.29) is 25.0 Å². The fourth-order valence-electron chi connectivity index (χ4n) is 3.38. The molecule has 0 saturated carbocycles. The van der Waals surface area contributed by atoms with Crippen LogP contribution < -0.4 is 18.9 Å². The van der Waals surface area contributed by atoms with Gasteiger partial charge < -0.3 is 9.64 Å². The van der Waals surface area contributed by atoms with Crippen LogP contribution in [0.1, 0.15) is 111 Å². The molecule has 1 aliphatic rings. The molecule has 0 spiro atoms. The Balaban J connectivity index is 0.00000576. The summed E-state index contributed by atoms with van der Waals surface area (Å²) in [5.41, 5.74) is -0.412. The fraction of sp³-hybridized carbons (Fsp3) is 0.905. The summed E-state index contributed by atoms with van der Waals surface area (Å²) in [4.78, 5) is 14.2. The normalized spacial score (nSPS) is 17.9. The summed E-state index contributed by atoms with van der Waals surface area (Å²) in [7, 11) is 0. The van der Waals surface area contributed by atoms with E-state index in [1.54, 1.807) is 0 Å². The number of unbranched alkanes of at least 4 members (excludes halogenated alkanes) is 8. The summed E-state index contributed by atoms with van der Waals surface area (Å²) in [5.74, 6) is 0. The Morgan fingerprint density at radius 2 is 1.60 bits per heavy atom. The second-order valence-corrected chi connectivity index (χ2v) is 8.27. The van der Waals surface area contributed by atoms with Crippen molar-refractivity contribution >= 4 is 6.09 Å². The van der Waals surface area contributed by atoms with Gasteiger partial charge in [-0.15, -0.1) is 0 Å². The molecular formula is C21H40LiNO2. The largest absolute Gasteiger partial charge is 1.00 e. The summed E-state index contributed by atoms with van der Waals surface area (Å²) in [6, 6.07) is 0.346. The molecule has 1 fully saturated rings. The molecule has 0 aromatic rings. The van der Waals surface area contributed by atoms with E-state index < -0.39 is 5.60 Å². The van der Waals surface area contributed by atoms with Gasteiger partial charge in [-0.25, -0.2) is 11.3 Å². The minimum absolute atomic E-state index is 0. The smallest absolute Gasteiger partial charge is 0.455 e. The number of rotatable bonds is 10. The molecule has 0 aromatic carbocycles. The van der Waals surface area contributed by atoms with Crippen molar-refractivity contribution in [2.75, 3.05) is 0 Å². The molecule has 25 heavy (non-hydrogen) atoms. The van der Waals surface area contributed by atoms with Crippen LogP contribution in [0.25, 0.3) is 0 Å². The van der Waals surface area contributed by atoms with Gasteiger partial charge >= 0.3 is 25.0 Å². The number of carbonyl (C=O) groups excluding carboxylic acids is 1. The summed E-state index contributed by atoms with van der Waals surface area (Å²) < 4.78 is 5.55. The standard InChI is InChI=1S/C21H40NO2.Li/c1-5-6-7-8-9-10-11-12-13-16-19-17-14-15-18-22(19)20(23)24-21(2,3)4;/h18-19H,5-17H2,1-4H3;/q-1;+1. The van der Waals surface area contributed by atoms with Crippen LogP contribution in [0.5, 0.6) is 0 Å². The van der Waals surface area contributed by atoms with Crippen LogP contribution in [0.15, 0.2) is 0 Å². The summed E-state index contributed by atoms with van der Waals surface area (Å²) >= 11 is 0. The molecule has 0 aliphatic carbocycles. The zero-order valence-corrected chi connectivity index (χ0v) is 17.6. The molecule has 4 heteroatoms. The molecule has 142 valence electrons. The predicted molar refractivity (Wildman–Crippen MR) is 102 cm³/mol. The van der Waals surface area contributed by atoms with Crippen molar-refractivity contribution in [3.05, 3.63) is 6.54 Å². The van der Waals surface area contributed by atoms with Gasteiger partial charge in [0.25, 0.3) is 0 Å². The number of piperidine rings is 1. The number of hydrogen-bond acceptors (Lipinski definition) is 2. The summed E-state index contributed by atoms with van der Waals surface area (Å²) in [6.45, 7) is 10.1. The Kier molecular flexibility index (Phi) is 13.9. The molecule has 1 saturated heterocycles.